The number of hydrogen-bond donors (Lipinski definition) is 3. The zero-order valence-corrected chi connectivity index (χ0v) is 11.5. The van der Waals surface area contributed by atoms with Gasteiger partial charge < -0.3 is 10.6 Å². The predicted octanol–water partition coefficient (Wildman–Crippen LogP) is 1.90. The van der Waals surface area contributed by atoms with Crippen LogP contribution in [0.4, 0.5) is 0 Å². The Balaban J connectivity index is -0.000000152. The van der Waals surface area contributed by atoms with Crippen LogP contribution < -0.4 is 10.6 Å². The third-order valence-electron chi connectivity index (χ3n) is 1.06. The molecule has 0 aliphatic carbocycles. The van der Waals surface area contributed by atoms with Crippen molar-refractivity contribution in [1.82, 2.24) is 10.6 Å². The molecule has 0 bridgehead atoms. The normalized spacial score (nSPS) is 8.00. The maximum absolute atomic E-state index is 3.94. The van der Waals surface area contributed by atoms with Crippen molar-refractivity contribution < 1.29 is 0 Å². The van der Waals surface area contributed by atoms with E-state index < -0.39 is 0 Å². The van der Waals surface area contributed by atoms with E-state index in [2.05, 4.69) is 43.3 Å². The summed E-state index contributed by atoms with van der Waals surface area (Å²) in [6.45, 7) is 10.3. The van der Waals surface area contributed by atoms with Crippen molar-refractivity contribution >= 4 is 24.4 Å². The summed E-state index contributed by atoms with van der Waals surface area (Å²) in [6, 6.07) is 0. The highest BCUT2D eigenvalue weighted by atomic mass is 32.2. The number of nitrogens with one attached hydrogen (secondary N) is 2. The Morgan fingerprint density at radius 1 is 1.14 bits per heavy atom. The zero-order chi connectivity index (χ0) is 11.7. The first-order valence-electron chi connectivity index (χ1n) is 4.81. The second-order valence-electron chi connectivity index (χ2n) is 2.13. The molecule has 0 heterocycles. The van der Waals surface area contributed by atoms with E-state index in [9.17, 15) is 0 Å². The minimum absolute atomic E-state index is 0.927. The highest BCUT2D eigenvalue weighted by Crippen LogP contribution is 1.93. The van der Waals surface area contributed by atoms with E-state index in [1.807, 2.05) is 25.9 Å². The zero-order valence-electron chi connectivity index (χ0n) is 9.81. The summed E-state index contributed by atoms with van der Waals surface area (Å²) in [5, 5.41) is 6.02. The summed E-state index contributed by atoms with van der Waals surface area (Å²) in [5.41, 5.74) is 0. The van der Waals surface area contributed by atoms with Crippen LogP contribution in [0.2, 0.25) is 0 Å². The quantitative estimate of drug-likeness (QED) is 0.374. The average molecular weight is 238 g/mol. The Morgan fingerprint density at radius 3 is 1.86 bits per heavy atom. The van der Waals surface area contributed by atoms with Gasteiger partial charge in [0.25, 0.3) is 0 Å². The average Bonchev–Trinajstić information content (AvgIpc) is 2.24. The number of thioether (sulfide) groups is 1. The molecule has 0 saturated carbocycles. The molecule has 0 aromatic carbocycles. The summed E-state index contributed by atoms with van der Waals surface area (Å²) < 4.78 is 0. The lowest BCUT2D eigenvalue weighted by molar-refractivity contribution is 0.872. The minimum atomic E-state index is 0.927. The molecule has 0 saturated heterocycles. The Hall–Kier alpha value is 0.360. The van der Waals surface area contributed by atoms with Crippen LogP contribution >= 0.6 is 24.4 Å². The third kappa shape index (κ3) is 39.4. The van der Waals surface area contributed by atoms with E-state index in [1.54, 1.807) is 0 Å². The van der Waals surface area contributed by atoms with Crippen molar-refractivity contribution in [2.24, 2.45) is 0 Å². The van der Waals surface area contributed by atoms with Crippen LogP contribution in [0.1, 0.15) is 6.92 Å². The van der Waals surface area contributed by atoms with Gasteiger partial charge in [-0.25, -0.2) is 0 Å². The molecule has 2 N–H and O–H groups in total. The lowest BCUT2D eigenvalue weighted by Crippen LogP contribution is -2.09. The first-order chi connectivity index (χ1) is 6.83. The molecule has 0 radical (unpaired) electrons. The second kappa shape index (κ2) is 29.2. The van der Waals surface area contributed by atoms with Gasteiger partial charge in [-0.1, -0.05) is 6.92 Å². The lowest BCUT2D eigenvalue weighted by Gasteiger charge is -1.93. The van der Waals surface area contributed by atoms with Gasteiger partial charge in [-0.3, -0.25) is 0 Å². The Kier molecular flexibility index (Phi) is 41.4. The number of hydrogen-bond acceptors (Lipinski definition) is 4. The van der Waals surface area contributed by atoms with Crippen molar-refractivity contribution in [3.63, 3.8) is 0 Å². The standard InChI is InChI=1S/C5H13NS.C3H9NS.C2H4/c1-3-7-5-4-6-2;1-4-2-3-5;1-2/h6H,3-5H2,1-2H3;4-5H,2-3H2,1H3;1-2H2. The molecule has 0 rings (SSSR count). The first kappa shape index (κ1) is 19.9. The lowest BCUT2D eigenvalue weighted by atomic mass is 10.8. The molecule has 14 heavy (non-hydrogen) atoms. The van der Waals surface area contributed by atoms with Gasteiger partial charge in [0.1, 0.15) is 0 Å². The molecule has 0 aromatic rings. The minimum Gasteiger partial charge on any atom is -0.319 e. The second-order valence-corrected chi connectivity index (χ2v) is 3.97. The monoisotopic (exact) mass is 238 g/mol. The van der Waals surface area contributed by atoms with E-state index >= 15 is 0 Å². The largest absolute Gasteiger partial charge is 0.319 e. The van der Waals surface area contributed by atoms with Gasteiger partial charge in [0.05, 0.1) is 0 Å². The molecule has 4 heteroatoms. The van der Waals surface area contributed by atoms with Gasteiger partial charge in [0.2, 0.25) is 0 Å². The fourth-order valence-electron chi connectivity index (χ4n) is 0.430. The van der Waals surface area contributed by atoms with E-state index in [4.69, 9.17) is 0 Å². The van der Waals surface area contributed by atoms with Crippen LogP contribution in [0.3, 0.4) is 0 Å². The first-order valence-corrected chi connectivity index (χ1v) is 6.59. The van der Waals surface area contributed by atoms with Crippen LogP contribution in [0.25, 0.3) is 0 Å². The molecule has 88 valence electrons. The molecule has 0 spiro atoms. The fraction of sp³-hybridized carbons (Fsp3) is 0.800. The highest BCUT2D eigenvalue weighted by molar-refractivity contribution is 7.99. The molecule has 0 amide bonds. The molecule has 0 aliphatic heterocycles. The van der Waals surface area contributed by atoms with Crippen molar-refractivity contribution in [2.45, 2.75) is 6.92 Å². The van der Waals surface area contributed by atoms with E-state index in [0.29, 0.717) is 0 Å². The van der Waals surface area contributed by atoms with Crippen LogP contribution in [-0.4, -0.2) is 44.4 Å². The third-order valence-corrected chi connectivity index (χ3v) is 2.19. The Morgan fingerprint density at radius 2 is 1.64 bits per heavy atom. The topological polar surface area (TPSA) is 24.1 Å². The van der Waals surface area contributed by atoms with Gasteiger partial charge in [-0.15, -0.1) is 13.2 Å². The molecule has 0 atom stereocenters. The number of thiol groups is 1. The van der Waals surface area contributed by atoms with Crippen LogP contribution in [0.15, 0.2) is 13.2 Å². The van der Waals surface area contributed by atoms with Gasteiger partial charge in [-0.2, -0.15) is 24.4 Å². The van der Waals surface area contributed by atoms with E-state index in [-0.39, 0.29) is 0 Å². The SMILES string of the molecule is C=C.CCSCCNC.CNCCS. The summed E-state index contributed by atoms with van der Waals surface area (Å²) in [4.78, 5) is 0. The maximum atomic E-state index is 3.94. The molecule has 2 nitrogen and oxygen atoms in total. The van der Waals surface area contributed by atoms with Crippen molar-refractivity contribution in [2.75, 3.05) is 44.4 Å². The smallest absolute Gasteiger partial charge is 0.00578 e. The Bertz CT molecular complexity index is 67.1. The summed E-state index contributed by atoms with van der Waals surface area (Å²) >= 11 is 5.91. The van der Waals surface area contributed by atoms with Crippen molar-refractivity contribution in [3.05, 3.63) is 13.2 Å². The molecular formula is C10H26N2S2. The van der Waals surface area contributed by atoms with Crippen LogP contribution in [0, 0.1) is 0 Å². The fourth-order valence-corrected chi connectivity index (χ4v) is 1.29. The van der Waals surface area contributed by atoms with Gasteiger partial charge in [0, 0.05) is 24.6 Å². The molecule has 0 fully saturated rings. The molecule has 0 unspecified atom stereocenters. The predicted molar refractivity (Wildman–Crippen MR) is 76.0 cm³/mol. The van der Waals surface area contributed by atoms with Crippen molar-refractivity contribution in [3.8, 4) is 0 Å². The number of rotatable bonds is 6. The van der Waals surface area contributed by atoms with Crippen LogP contribution in [-0.2, 0) is 0 Å². The van der Waals surface area contributed by atoms with E-state index in [0.717, 1.165) is 18.8 Å². The summed E-state index contributed by atoms with van der Waals surface area (Å²) in [6.07, 6.45) is 0. The van der Waals surface area contributed by atoms with E-state index in [1.165, 1.54) is 11.5 Å². The molecule has 0 aromatic heterocycles. The van der Waals surface area contributed by atoms with Crippen molar-refractivity contribution in [1.29, 1.82) is 0 Å². The van der Waals surface area contributed by atoms with Gasteiger partial charge in [0.15, 0.2) is 0 Å². The molecule has 0 aliphatic rings. The Labute approximate surface area is 99.7 Å². The van der Waals surface area contributed by atoms with Crippen LogP contribution in [0.5, 0.6) is 0 Å². The summed E-state index contributed by atoms with van der Waals surface area (Å²) in [5.74, 6) is 3.41. The van der Waals surface area contributed by atoms with Gasteiger partial charge in [-0.05, 0) is 19.8 Å². The summed E-state index contributed by atoms with van der Waals surface area (Å²) in [7, 11) is 3.90. The molecular weight excluding hydrogens is 212 g/mol. The van der Waals surface area contributed by atoms with Gasteiger partial charge >= 0.3 is 0 Å². The highest BCUT2D eigenvalue weighted by Gasteiger charge is 1.78. The maximum Gasteiger partial charge on any atom is 0.00578 e.